The SMILES string of the molecule is CC(C)(CCc1ccccc1)OC(=O)N1CCC2(CCc3cc(-c4ccc(CS(=O)(=O)Cc5ccccn5)cc4)ccc3O2)CC1. The number of rotatable bonds is 9. The molecule has 6 rings (SSSR count). The number of sulfone groups is 1. The topological polar surface area (TPSA) is 85.8 Å². The summed E-state index contributed by atoms with van der Waals surface area (Å²) in [6.45, 7) is 5.20. The molecular weight excluding hydrogens is 596 g/mol. The van der Waals surface area contributed by atoms with Crippen LogP contribution >= 0.6 is 0 Å². The monoisotopic (exact) mass is 638 g/mol. The van der Waals surface area contributed by atoms with Crippen molar-refractivity contribution in [2.75, 3.05) is 13.1 Å². The third-order valence-electron chi connectivity index (χ3n) is 9.16. The van der Waals surface area contributed by atoms with Gasteiger partial charge in [0.25, 0.3) is 0 Å². The highest BCUT2D eigenvalue weighted by atomic mass is 32.2. The predicted molar refractivity (Wildman–Crippen MR) is 180 cm³/mol. The smallest absolute Gasteiger partial charge is 0.410 e. The summed E-state index contributed by atoms with van der Waals surface area (Å²) in [5, 5.41) is 0. The maximum absolute atomic E-state index is 13.1. The molecule has 46 heavy (non-hydrogen) atoms. The Kier molecular flexibility index (Phi) is 9.18. The molecule has 1 amide bonds. The van der Waals surface area contributed by atoms with Crippen molar-refractivity contribution in [1.29, 1.82) is 0 Å². The molecular formula is C38H42N2O5S. The number of aromatic nitrogens is 1. The molecule has 8 heteroatoms. The van der Waals surface area contributed by atoms with Crippen molar-refractivity contribution in [1.82, 2.24) is 9.88 Å². The minimum atomic E-state index is -3.33. The van der Waals surface area contributed by atoms with Crippen molar-refractivity contribution in [3.05, 3.63) is 120 Å². The molecule has 1 saturated heterocycles. The number of hydrogen-bond donors (Lipinski definition) is 0. The largest absolute Gasteiger partial charge is 0.487 e. The minimum absolute atomic E-state index is 0.0227. The first-order valence-electron chi connectivity index (χ1n) is 16.1. The number of likely N-dealkylation sites (tertiary alicyclic amines) is 1. The van der Waals surface area contributed by atoms with E-state index in [9.17, 15) is 13.2 Å². The van der Waals surface area contributed by atoms with E-state index in [-0.39, 0.29) is 23.2 Å². The number of aryl methyl sites for hydroxylation is 2. The molecule has 3 heterocycles. The lowest BCUT2D eigenvalue weighted by atomic mass is 9.82. The van der Waals surface area contributed by atoms with Crippen LogP contribution in [0.5, 0.6) is 5.75 Å². The number of carbonyl (C=O) groups is 1. The van der Waals surface area contributed by atoms with Gasteiger partial charge in [0, 0.05) is 32.1 Å². The van der Waals surface area contributed by atoms with Crippen molar-refractivity contribution in [2.24, 2.45) is 0 Å². The third kappa shape index (κ3) is 7.97. The summed E-state index contributed by atoms with van der Waals surface area (Å²) < 4.78 is 38.0. The number of carbonyl (C=O) groups excluding carboxylic acids is 1. The van der Waals surface area contributed by atoms with Gasteiger partial charge in [-0.3, -0.25) is 4.98 Å². The highest BCUT2D eigenvalue weighted by Gasteiger charge is 2.41. The second-order valence-electron chi connectivity index (χ2n) is 13.3. The zero-order valence-electron chi connectivity index (χ0n) is 26.7. The quantitative estimate of drug-likeness (QED) is 0.188. The molecule has 0 unspecified atom stereocenters. The Morgan fingerprint density at radius 2 is 1.59 bits per heavy atom. The Morgan fingerprint density at radius 1 is 0.870 bits per heavy atom. The molecule has 4 aromatic rings. The van der Waals surface area contributed by atoms with Gasteiger partial charge < -0.3 is 14.4 Å². The first kappa shape index (κ1) is 31.8. The van der Waals surface area contributed by atoms with Crippen LogP contribution in [0.15, 0.2) is 97.2 Å². The van der Waals surface area contributed by atoms with Crippen LogP contribution in [0.2, 0.25) is 0 Å². The van der Waals surface area contributed by atoms with Gasteiger partial charge in [0.15, 0.2) is 9.84 Å². The van der Waals surface area contributed by atoms with Crippen LogP contribution in [-0.2, 0) is 38.9 Å². The van der Waals surface area contributed by atoms with Crippen molar-refractivity contribution >= 4 is 15.9 Å². The average molecular weight is 639 g/mol. The maximum Gasteiger partial charge on any atom is 0.410 e. The molecule has 3 aromatic carbocycles. The number of hydrogen-bond acceptors (Lipinski definition) is 6. The number of nitrogens with zero attached hydrogens (tertiary/aromatic N) is 2. The fraction of sp³-hybridized carbons (Fsp3) is 0.368. The molecule has 0 atom stereocenters. The van der Waals surface area contributed by atoms with E-state index < -0.39 is 15.4 Å². The maximum atomic E-state index is 13.1. The molecule has 1 fully saturated rings. The summed E-state index contributed by atoms with van der Waals surface area (Å²) >= 11 is 0. The second kappa shape index (κ2) is 13.3. The number of piperidine rings is 1. The molecule has 7 nitrogen and oxygen atoms in total. The van der Waals surface area contributed by atoms with Gasteiger partial charge in [-0.2, -0.15) is 0 Å². The standard InChI is InChI=1S/C38H42N2O5S/c1-37(2,19-17-29-8-4-3-5-9-29)45-36(41)40-24-21-38(22-25-40)20-18-33-26-32(15-16-35(33)44-38)31-13-11-30(12-14-31)27-46(42,43)28-34-10-6-7-23-39-34/h3-16,23,26H,17-22,24-25,27-28H2,1-2H3. The van der Waals surface area contributed by atoms with Crippen LogP contribution in [0.4, 0.5) is 4.79 Å². The van der Waals surface area contributed by atoms with E-state index in [0.29, 0.717) is 18.8 Å². The molecule has 240 valence electrons. The van der Waals surface area contributed by atoms with E-state index in [1.54, 1.807) is 24.4 Å². The van der Waals surface area contributed by atoms with Crippen LogP contribution in [0.1, 0.15) is 61.9 Å². The molecule has 0 N–H and O–H groups in total. The molecule has 0 saturated carbocycles. The molecule has 2 aliphatic rings. The zero-order chi connectivity index (χ0) is 32.2. The molecule has 1 aromatic heterocycles. The summed E-state index contributed by atoms with van der Waals surface area (Å²) in [5.41, 5.74) is 5.03. The van der Waals surface area contributed by atoms with Gasteiger partial charge >= 0.3 is 6.09 Å². The Hall–Kier alpha value is -4.17. The van der Waals surface area contributed by atoms with Gasteiger partial charge in [-0.25, -0.2) is 13.2 Å². The lowest BCUT2D eigenvalue weighted by Gasteiger charge is -2.44. The summed E-state index contributed by atoms with van der Waals surface area (Å²) in [5.74, 6) is 0.813. The van der Waals surface area contributed by atoms with E-state index in [1.165, 1.54) is 11.1 Å². The van der Waals surface area contributed by atoms with Crippen LogP contribution in [0.25, 0.3) is 11.1 Å². The first-order chi connectivity index (χ1) is 22.1. The zero-order valence-corrected chi connectivity index (χ0v) is 27.5. The summed E-state index contributed by atoms with van der Waals surface area (Å²) in [6.07, 6.45) is 6.36. The number of ether oxygens (including phenoxy) is 2. The molecule has 2 aliphatic heterocycles. The lowest BCUT2D eigenvalue weighted by molar-refractivity contribution is -0.0322. The highest BCUT2D eigenvalue weighted by molar-refractivity contribution is 7.89. The summed E-state index contributed by atoms with van der Waals surface area (Å²) in [4.78, 5) is 19.0. The number of pyridine rings is 1. The van der Waals surface area contributed by atoms with E-state index >= 15 is 0 Å². The molecule has 0 bridgehead atoms. The molecule has 1 spiro atoms. The minimum Gasteiger partial charge on any atom is -0.487 e. The van der Waals surface area contributed by atoms with Gasteiger partial charge in [-0.1, -0.05) is 66.7 Å². The van der Waals surface area contributed by atoms with Crippen molar-refractivity contribution in [3.63, 3.8) is 0 Å². The third-order valence-corrected chi connectivity index (χ3v) is 10.7. The summed E-state index contributed by atoms with van der Waals surface area (Å²) in [7, 11) is -3.33. The van der Waals surface area contributed by atoms with Crippen molar-refractivity contribution < 1.29 is 22.7 Å². The first-order valence-corrected chi connectivity index (χ1v) is 17.9. The Labute approximate surface area is 272 Å². The van der Waals surface area contributed by atoms with E-state index in [1.807, 2.05) is 67.3 Å². The van der Waals surface area contributed by atoms with Crippen LogP contribution in [-0.4, -0.2) is 48.7 Å². The van der Waals surface area contributed by atoms with Crippen LogP contribution in [0.3, 0.4) is 0 Å². The molecule has 0 radical (unpaired) electrons. The Balaban J connectivity index is 1.02. The van der Waals surface area contributed by atoms with Crippen molar-refractivity contribution in [3.8, 4) is 16.9 Å². The van der Waals surface area contributed by atoms with Crippen LogP contribution < -0.4 is 4.74 Å². The van der Waals surface area contributed by atoms with Gasteiger partial charge in [0.2, 0.25) is 0 Å². The normalized spacial score (nSPS) is 16.0. The molecule has 0 aliphatic carbocycles. The van der Waals surface area contributed by atoms with Gasteiger partial charge in [0.05, 0.1) is 17.2 Å². The van der Waals surface area contributed by atoms with Gasteiger partial charge in [0.1, 0.15) is 17.0 Å². The lowest BCUT2D eigenvalue weighted by Crippen LogP contribution is -2.52. The average Bonchev–Trinajstić information content (AvgIpc) is 3.05. The summed E-state index contributed by atoms with van der Waals surface area (Å²) in [6, 6.07) is 29.6. The number of benzene rings is 3. The highest BCUT2D eigenvalue weighted by Crippen LogP contribution is 2.41. The fourth-order valence-corrected chi connectivity index (χ4v) is 7.82. The van der Waals surface area contributed by atoms with Crippen LogP contribution in [0, 0.1) is 0 Å². The van der Waals surface area contributed by atoms with Gasteiger partial charge in [-0.15, -0.1) is 0 Å². The van der Waals surface area contributed by atoms with E-state index in [4.69, 9.17) is 9.47 Å². The fourth-order valence-electron chi connectivity index (χ4n) is 6.40. The van der Waals surface area contributed by atoms with Crippen molar-refractivity contribution in [2.45, 2.75) is 75.1 Å². The Bertz CT molecular complexity index is 1750. The number of amides is 1. The second-order valence-corrected chi connectivity index (χ2v) is 15.3. The number of fused-ring (bicyclic) bond motifs is 1. The predicted octanol–water partition coefficient (Wildman–Crippen LogP) is 7.57. The van der Waals surface area contributed by atoms with Gasteiger partial charge in [-0.05, 0) is 91.6 Å². The Morgan fingerprint density at radius 3 is 2.30 bits per heavy atom. The van der Waals surface area contributed by atoms with E-state index in [2.05, 4.69) is 29.2 Å². The van der Waals surface area contributed by atoms with E-state index in [0.717, 1.165) is 61.0 Å².